The zero-order valence-corrected chi connectivity index (χ0v) is 7.90. The zero-order chi connectivity index (χ0) is 10.3. The summed E-state index contributed by atoms with van der Waals surface area (Å²) in [5, 5.41) is 17.9. The minimum atomic E-state index is -0.986. The van der Waals surface area contributed by atoms with Gasteiger partial charge in [0.15, 0.2) is 0 Å². The average molecular weight is 198 g/mol. The van der Waals surface area contributed by atoms with E-state index in [0.717, 1.165) is 19.3 Å². The van der Waals surface area contributed by atoms with Gasteiger partial charge < -0.3 is 10.2 Å². The van der Waals surface area contributed by atoms with Crippen molar-refractivity contribution in [2.75, 3.05) is 0 Å². The van der Waals surface area contributed by atoms with Crippen LogP contribution in [0.3, 0.4) is 0 Å². The normalized spacial score (nSPS) is 40.0. The van der Waals surface area contributed by atoms with Crippen LogP contribution in [0.5, 0.6) is 0 Å². The summed E-state index contributed by atoms with van der Waals surface area (Å²) in [5.74, 6) is -1.34. The van der Waals surface area contributed by atoms with Crippen LogP contribution in [0.15, 0.2) is 0 Å². The fourth-order valence-electron chi connectivity index (χ4n) is 3.27. The SMILES string of the molecule is O=C(O)CC1(C(=O)O)CC2CCC1C2. The summed E-state index contributed by atoms with van der Waals surface area (Å²) in [4.78, 5) is 21.9. The molecule has 0 heterocycles. The van der Waals surface area contributed by atoms with Crippen molar-refractivity contribution in [3.8, 4) is 0 Å². The van der Waals surface area contributed by atoms with Crippen molar-refractivity contribution in [1.29, 1.82) is 0 Å². The van der Waals surface area contributed by atoms with Crippen LogP contribution in [0.2, 0.25) is 0 Å². The van der Waals surface area contributed by atoms with Gasteiger partial charge in [-0.05, 0) is 31.1 Å². The number of carbonyl (C=O) groups is 2. The fourth-order valence-corrected chi connectivity index (χ4v) is 3.27. The number of hydrogen-bond acceptors (Lipinski definition) is 2. The summed E-state index contributed by atoms with van der Waals surface area (Å²) in [5.41, 5.74) is -0.950. The monoisotopic (exact) mass is 198 g/mol. The van der Waals surface area contributed by atoms with Gasteiger partial charge in [-0.2, -0.15) is 0 Å². The van der Waals surface area contributed by atoms with Gasteiger partial charge in [-0.3, -0.25) is 9.59 Å². The Morgan fingerprint density at radius 2 is 2.00 bits per heavy atom. The molecule has 0 radical (unpaired) electrons. The molecular weight excluding hydrogens is 184 g/mol. The van der Waals surface area contributed by atoms with Gasteiger partial charge in [0, 0.05) is 0 Å². The van der Waals surface area contributed by atoms with Crippen LogP contribution in [0, 0.1) is 17.3 Å². The Kier molecular flexibility index (Phi) is 2.01. The third-order valence-corrected chi connectivity index (χ3v) is 3.87. The third-order valence-electron chi connectivity index (χ3n) is 3.87. The second kappa shape index (κ2) is 2.97. The van der Waals surface area contributed by atoms with Crippen LogP contribution in [-0.2, 0) is 9.59 Å². The summed E-state index contributed by atoms with van der Waals surface area (Å²) < 4.78 is 0. The van der Waals surface area contributed by atoms with E-state index >= 15 is 0 Å². The first-order chi connectivity index (χ1) is 6.54. The maximum atomic E-state index is 11.2. The molecule has 78 valence electrons. The minimum Gasteiger partial charge on any atom is -0.481 e. The average Bonchev–Trinajstić information content (AvgIpc) is 2.61. The maximum absolute atomic E-state index is 11.2. The van der Waals surface area contributed by atoms with Gasteiger partial charge in [0.1, 0.15) is 0 Å². The standard InChI is InChI=1S/C10H14O4/c11-8(12)5-10(9(13)14)4-6-1-2-7(10)3-6/h6-7H,1-5H2,(H,11,12)(H,13,14). The molecule has 0 aliphatic heterocycles. The van der Waals surface area contributed by atoms with E-state index in [1.54, 1.807) is 0 Å². The molecule has 2 saturated carbocycles. The topological polar surface area (TPSA) is 74.6 Å². The summed E-state index contributed by atoms with van der Waals surface area (Å²) in [6.07, 6.45) is 3.26. The highest BCUT2D eigenvalue weighted by atomic mass is 16.4. The van der Waals surface area contributed by atoms with Crippen LogP contribution in [0.25, 0.3) is 0 Å². The Hall–Kier alpha value is -1.06. The van der Waals surface area contributed by atoms with Crippen LogP contribution in [0.1, 0.15) is 32.1 Å². The molecule has 0 aromatic heterocycles. The van der Waals surface area contributed by atoms with E-state index in [9.17, 15) is 14.7 Å². The van der Waals surface area contributed by atoms with E-state index in [1.165, 1.54) is 0 Å². The zero-order valence-electron chi connectivity index (χ0n) is 7.90. The van der Waals surface area contributed by atoms with Crippen molar-refractivity contribution in [2.45, 2.75) is 32.1 Å². The molecule has 2 bridgehead atoms. The first kappa shape index (κ1) is 9.49. The molecule has 4 heteroatoms. The first-order valence-corrected chi connectivity index (χ1v) is 5.00. The number of hydrogen-bond donors (Lipinski definition) is 2. The van der Waals surface area contributed by atoms with Crippen molar-refractivity contribution < 1.29 is 19.8 Å². The maximum Gasteiger partial charge on any atom is 0.310 e. The van der Waals surface area contributed by atoms with E-state index in [0.29, 0.717) is 12.3 Å². The van der Waals surface area contributed by atoms with E-state index in [4.69, 9.17) is 5.11 Å². The Balaban J connectivity index is 2.24. The van der Waals surface area contributed by atoms with E-state index in [2.05, 4.69) is 0 Å². The van der Waals surface area contributed by atoms with Gasteiger partial charge in [-0.25, -0.2) is 0 Å². The number of aliphatic carboxylic acids is 2. The molecule has 4 nitrogen and oxygen atoms in total. The van der Waals surface area contributed by atoms with Gasteiger partial charge in [-0.15, -0.1) is 0 Å². The van der Waals surface area contributed by atoms with Gasteiger partial charge in [0.25, 0.3) is 0 Å². The van der Waals surface area contributed by atoms with Crippen molar-refractivity contribution in [1.82, 2.24) is 0 Å². The van der Waals surface area contributed by atoms with E-state index < -0.39 is 17.4 Å². The fraction of sp³-hybridized carbons (Fsp3) is 0.800. The summed E-state index contributed by atoms with van der Waals surface area (Å²) in [7, 11) is 0. The van der Waals surface area contributed by atoms with Gasteiger partial charge in [0.2, 0.25) is 0 Å². The molecule has 0 saturated heterocycles. The Bertz CT molecular complexity index is 286. The van der Waals surface area contributed by atoms with E-state index in [-0.39, 0.29) is 12.3 Å². The Labute approximate surface area is 81.9 Å². The molecular formula is C10H14O4. The molecule has 0 spiro atoms. The highest BCUT2D eigenvalue weighted by Crippen LogP contribution is 2.57. The van der Waals surface area contributed by atoms with E-state index in [1.807, 2.05) is 0 Å². The smallest absolute Gasteiger partial charge is 0.310 e. The van der Waals surface area contributed by atoms with Crippen molar-refractivity contribution in [3.05, 3.63) is 0 Å². The third kappa shape index (κ3) is 1.21. The summed E-state index contributed by atoms with van der Waals surface area (Å²) in [6.45, 7) is 0. The quantitative estimate of drug-likeness (QED) is 0.717. The molecule has 0 aromatic rings. The predicted octanol–water partition coefficient (Wildman–Crippen LogP) is 1.35. The van der Waals surface area contributed by atoms with Crippen molar-refractivity contribution in [3.63, 3.8) is 0 Å². The lowest BCUT2D eigenvalue weighted by Gasteiger charge is -2.31. The molecule has 0 aromatic carbocycles. The number of carboxylic acids is 2. The molecule has 14 heavy (non-hydrogen) atoms. The largest absolute Gasteiger partial charge is 0.481 e. The highest BCUT2D eigenvalue weighted by Gasteiger charge is 2.56. The molecule has 3 atom stereocenters. The number of carboxylic acid groups (broad SMARTS) is 2. The minimum absolute atomic E-state index is 0.0982. The van der Waals surface area contributed by atoms with Gasteiger partial charge in [0.05, 0.1) is 11.8 Å². The van der Waals surface area contributed by atoms with Crippen LogP contribution < -0.4 is 0 Å². The Morgan fingerprint density at radius 3 is 2.36 bits per heavy atom. The summed E-state index contributed by atoms with van der Waals surface area (Å²) in [6, 6.07) is 0. The van der Waals surface area contributed by atoms with Crippen LogP contribution in [-0.4, -0.2) is 22.2 Å². The molecule has 2 rings (SSSR count). The molecule has 2 fully saturated rings. The predicted molar refractivity (Wildman–Crippen MR) is 47.8 cm³/mol. The Morgan fingerprint density at radius 1 is 1.29 bits per heavy atom. The lowest BCUT2D eigenvalue weighted by Crippen LogP contribution is -2.38. The lowest BCUT2D eigenvalue weighted by molar-refractivity contribution is -0.159. The van der Waals surface area contributed by atoms with Crippen LogP contribution >= 0.6 is 0 Å². The molecule has 3 unspecified atom stereocenters. The van der Waals surface area contributed by atoms with Gasteiger partial charge >= 0.3 is 11.9 Å². The number of fused-ring (bicyclic) bond motifs is 2. The first-order valence-electron chi connectivity index (χ1n) is 5.00. The van der Waals surface area contributed by atoms with Crippen molar-refractivity contribution >= 4 is 11.9 Å². The molecule has 2 aliphatic rings. The van der Waals surface area contributed by atoms with Gasteiger partial charge in [-0.1, -0.05) is 6.42 Å². The van der Waals surface area contributed by atoms with Crippen LogP contribution in [0.4, 0.5) is 0 Å². The lowest BCUT2D eigenvalue weighted by atomic mass is 9.71. The molecule has 2 N–H and O–H groups in total. The summed E-state index contributed by atoms with van der Waals surface area (Å²) >= 11 is 0. The highest BCUT2D eigenvalue weighted by molar-refractivity contribution is 5.82. The molecule has 2 aliphatic carbocycles. The number of rotatable bonds is 3. The van der Waals surface area contributed by atoms with Crippen molar-refractivity contribution in [2.24, 2.45) is 17.3 Å². The second-order valence-corrected chi connectivity index (χ2v) is 4.61. The molecule has 0 amide bonds. The second-order valence-electron chi connectivity index (χ2n) is 4.61.